The molecule has 1 aliphatic carbocycles. The van der Waals surface area contributed by atoms with Crippen LogP contribution in [0.5, 0.6) is 0 Å². The maximum atomic E-state index is 12.9. The summed E-state index contributed by atoms with van der Waals surface area (Å²) in [7, 11) is -4.42. The third-order valence-electron chi connectivity index (χ3n) is 7.68. The minimum Gasteiger partial charge on any atom is -0.444 e. The third-order valence-corrected chi connectivity index (χ3v) is 16.6. The van der Waals surface area contributed by atoms with E-state index in [0.29, 0.717) is 0 Å². The smallest absolute Gasteiger partial charge is 0.408 e. The number of ether oxygens (including phenoxy) is 3. The van der Waals surface area contributed by atoms with Gasteiger partial charge >= 0.3 is 6.09 Å². The molecule has 2 fully saturated rings. The van der Waals surface area contributed by atoms with Crippen LogP contribution >= 0.6 is 0 Å². The Morgan fingerprint density at radius 1 is 0.765 bits per heavy atom. The molecule has 2 aliphatic rings. The van der Waals surface area contributed by atoms with Crippen LogP contribution in [0.25, 0.3) is 0 Å². The van der Waals surface area contributed by atoms with Crippen molar-refractivity contribution in [3.63, 3.8) is 0 Å². The minimum atomic E-state index is -2.22. The molecule has 200 valence electrons. The van der Waals surface area contributed by atoms with Crippen LogP contribution in [-0.2, 0) is 23.1 Å². The molecule has 0 unspecified atom stereocenters. The zero-order valence-corrected chi connectivity index (χ0v) is 26.3. The fourth-order valence-electron chi connectivity index (χ4n) is 3.84. The highest BCUT2D eigenvalue weighted by molar-refractivity contribution is 6.74. The van der Waals surface area contributed by atoms with Crippen molar-refractivity contribution in [1.29, 1.82) is 0 Å². The van der Waals surface area contributed by atoms with Crippen LogP contribution in [0.1, 0.15) is 76.2 Å². The van der Waals surface area contributed by atoms with Crippen LogP contribution < -0.4 is 5.32 Å². The number of nitrogens with one attached hydrogen (secondary N) is 1. The fourth-order valence-corrected chi connectivity index (χ4v) is 6.46. The topological polar surface area (TPSA) is 75.3 Å². The van der Waals surface area contributed by atoms with Gasteiger partial charge in [0.05, 0.1) is 12.1 Å². The summed E-state index contributed by atoms with van der Waals surface area (Å²) in [5.74, 6) is -0.778. The second-order valence-corrected chi connectivity index (χ2v) is 23.9. The van der Waals surface area contributed by atoms with Crippen LogP contribution in [0.15, 0.2) is 0 Å². The van der Waals surface area contributed by atoms with E-state index in [-0.39, 0.29) is 22.3 Å². The summed E-state index contributed by atoms with van der Waals surface area (Å²) in [5, 5.41) is 3.09. The summed E-state index contributed by atoms with van der Waals surface area (Å²) in [6, 6.07) is -0.453. The molecule has 0 radical (unpaired) electrons. The summed E-state index contributed by atoms with van der Waals surface area (Å²) in [6.45, 7) is 31.6. The van der Waals surface area contributed by atoms with E-state index in [1.165, 1.54) is 0 Å². The van der Waals surface area contributed by atoms with Crippen LogP contribution in [0.4, 0.5) is 4.79 Å². The Morgan fingerprint density at radius 3 is 1.59 bits per heavy atom. The number of rotatable bonds is 5. The first kappa shape index (κ1) is 29.8. The maximum absolute atomic E-state index is 12.9. The Hall–Kier alpha value is -0.456. The van der Waals surface area contributed by atoms with E-state index in [1.54, 1.807) is 0 Å². The summed E-state index contributed by atoms with van der Waals surface area (Å²) in [5.41, 5.74) is -0.610. The molecule has 1 saturated heterocycles. The highest BCUT2D eigenvalue weighted by atomic mass is 28.4. The predicted octanol–water partition coefficient (Wildman–Crippen LogP) is 6.19. The molecule has 0 bridgehead atoms. The van der Waals surface area contributed by atoms with Gasteiger partial charge < -0.3 is 28.4 Å². The lowest BCUT2D eigenvalue weighted by molar-refractivity contribution is -0.173. The number of hydrogen-bond acceptors (Lipinski definition) is 6. The van der Waals surface area contributed by atoms with Crippen molar-refractivity contribution in [3.8, 4) is 0 Å². The highest BCUT2D eigenvalue weighted by Crippen LogP contribution is 2.47. The molecule has 1 aliphatic heterocycles. The summed E-state index contributed by atoms with van der Waals surface area (Å²) < 4.78 is 32.4. The molecule has 2 rings (SSSR count). The first-order chi connectivity index (χ1) is 14.9. The molecule has 0 spiro atoms. The Bertz CT molecular complexity index is 748. The molecule has 0 aromatic heterocycles. The van der Waals surface area contributed by atoms with E-state index in [2.05, 4.69) is 73.0 Å². The van der Waals surface area contributed by atoms with E-state index in [0.717, 1.165) is 0 Å². The lowest BCUT2D eigenvalue weighted by Gasteiger charge is -2.45. The van der Waals surface area contributed by atoms with Gasteiger partial charge in [0.25, 0.3) is 0 Å². The number of hydrogen-bond donors (Lipinski definition) is 1. The fraction of sp³-hybridized carbons (Fsp3) is 0.960. The van der Waals surface area contributed by atoms with Gasteiger partial charge in [0.1, 0.15) is 23.9 Å². The Labute approximate surface area is 210 Å². The number of fused-ring (bicyclic) bond motifs is 1. The van der Waals surface area contributed by atoms with Crippen molar-refractivity contribution in [2.24, 2.45) is 0 Å². The van der Waals surface area contributed by atoms with Crippen molar-refractivity contribution >= 4 is 22.7 Å². The molecule has 34 heavy (non-hydrogen) atoms. The van der Waals surface area contributed by atoms with Gasteiger partial charge in [-0.2, -0.15) is 0 Å². The molecule has 0 aromatic rings. The standard InChI is InChI=1S/C25H51NO6Si2/c1-22(2,3)30-21(27)26-16-17-19(29-25(10,11)28-17)20(32-34(14,15)24(7,8)9)18(16)31-33(12,13)23(4,5)6/h16-20H,1-15H3,(H,26,27)/t16-,17+,18-,19+,20+/m1/s1. The predicted molar refractivity (Wildman–Crippen MR) is 141 cm³/mol. The minimum absolute atomic E-state index is 0.00960. The van der Waals surface area contributed by atoms with Crippen LogP contribution in [0, 0.1) is 0 Å². The summed E-state index contributed by atoms with van der Waals surface area (Å²) >= 11 is 0. The Morgan fingerprint density at radius 2 is 1.18 bits per heavy atom. The molecule has 5 atom stereocenters. The highest BCUT2D eigenvalue weighted by Gasteiger charge is 2.63. The molecule has 1 N–H and O–H groups in total. The van der Waals surface area contributed by atoms with Crippen LogP contribution in [0.3, 0.4) is 0 Å². The molecular weight excluding hydrogens is 466 g/mol. The largest absolute Gasteiger partial charge is 0.444 e. The lowest BCUT2D eigenvalue weighted by atomic mass is 10.2. The van der Waals surface area contributed by atoms with Crippen molar-refractivity contribution in [3.05, 3.63) is 0 Å². The zero-order valence-electron chi connectivity index (χ0n) is 24.3. The van der Waals surface area contributed by atoms with Crippen molar-refractivity contribution < 1.29 is 27.9 Å². The van der Waals surface area contributed by atoms with Gasteiger partial charge in [-0.15, -0.1) is 0 Å². The van der Waals surface area contributed by atoms with E-state index in [9.17, 15) is 4.79 Å². The van der Waals surface area contributed by atoms with Gasteiger partial charge in [-0.05, 0) is 70.9 Å². The normalized spacial score (nSPS) is 30.3. The van der Waals surface area contributed by atoms with Gasteiger partial charge in [0, 0.05) is 0 Å². The molecule has 1 saturated carbocycles. The summed E-state index contributed by atoms with van der Waals surface area (Å²) in [6.07, 6.45) is -2.00. The van der Waals surface area contributed by atoms with Crippen molar-refractivity contribution in [2.75, 3.05) is 0 Å². The van der Waals surface area contributed by atoms with Gasteiger partial charge in [-0.3, -0.25) is 0 Å². The number of carbonyl (C=O) groups is 1. The Kier molecular flexibility index (Phi) is 8.00. The molecule has 0 aromatic carbocycles. The molecule has 7 nitrogen and oxygen atoms in total. The molecule has 9 heteroatoms. The van der Waals surface area contributed by atoms with Gasteiger partial charge in [0.2, 0.25) is 0 Å². The first-order valence-corrected chi connectivity index (χ1v) is 18.4. The molecule has 1 amide bonds. The zero-order chi connectivity index (χ0) is 26.7. The van der Waals surface area contributed by atoms with Gasteiger partial charge in [0.15, 0.2) is 22.4 Å². The second-order valence-electron chi connectivity index (χ2n) is 14.4. The van der Waals surface area contributed by atoms with Crippen LogP contribution in [-0.4, -0.2) is 64.6 Å². The lowest BCUT2D eigenvalue weighted by Crippen LogP contribution is -2.58. The Balaban J connectivity index is 2.51. The number of alkyl carbamates (subject to hydrolysis) is 1. The van der Waals surface area contributed by atoms with E-state index in [4.69, 9.17) is 23.1 Å². The second kappa shape index (κ2) is 9.13. The quantitative estimate of drug-likeness (QED) is 0.438. The van der Waals surface area contributed by atoms with E-state index >= 15 is 0 Å². The average molecular weight is 518 g/mol. The van der Waals surface area contributed by atoms with E-state index in [1.807, 2.05) is 34.6 Å². The first-order valence-electron chi connectivity index (χ1n) is 12.6. The number of carbonyl (C=O) groups excluding carboxylic acids is 1. The third kappa shape index (κ3) is 6.65. The van der Waals surface area contributed by atoms with Gasteiger partial charge in [-0.25, -0.2) is 4.79 Å². The molecular formula is C25H51NO6Si2. The van der Waals surface area contributed by atoms with Crippen molar-refractivity contribution in [2.45, 2.75) is 154 Å². The monoisotopic (exact) mass is 517 g/mol. The summed E-state index contributed by atoms with van der Waals surface area (Å²) in [4.78, 5) is 12.9. The maximum Gasteiger partial charge on any atom is 0.408 e. The van der Waals surface area contributed by atoms with Gasteiger partial charge in [-0.1, -0.05) is 41.5 Å². The number of amides is 1. The van der Waals surface area contributed by atoms with Crippen molar-refractivity contribution in [1.82, 2.24) is 5.32 Å². The molecule has 1 heterocycles. The van der Waals surface area contributed by atoms with Crippen LogP contribution in [0.2, 0.25) is 36.3 Å². The SMILES string of the molecule is CC(C)(C)OC(=O)N[C@H]1[C@@H](O[Si](C)(C)C(C)(C)C)[C@H](O[Si](C)(C)C(C)(C)C)[C@H]2OC(C)(C)O[C@@H]12. The van der Waals surface area contributed by atoms with E-state index < -0.39 is 52.4 Å². The average Bonchev–Trinajstić information content (AvgIpc) is 2.97.